The number of nitrogens with zero attached hydrogens (tertiary/aromatic N) is 1. The summed E-state index contributed by atoms with van der Waals surface area (Å²) in [6.45, 7) is 8.40. The first-order valence-corrected chi connectivity index (χ1v) is 8.96. The molecule has 1 heterocycles. The van der Waals surface area contributed by atoms with Gasteiger partial charge in [0.1, 0.15) is 0 Å². The second-order valence-corrected chi connectivity index (χ2v) is 7.42. The Kier molecular flexibility index (Phi) is 6.56. The minimum absolute atomic E-state index is 0.131. The molecule has 138 valence electrons. The zero-order chi connectivity index (χ0) is 19.2. The summed E-state index contributed by atoms with van der Waals surface area (Å²) in [6.07, 6.45) is 18.3. The molecule has 0 aliphatic heterocycles. The number of nitrogens with one attached hydrogen (secondary N) is 1. The monoisotopic (exact) mass is 352 g/mol. The SMILES string of the molecule is CC(/C=C/C1=C(c2cnc[nH]2)CCCC1(C)C)=C\C=C\C(C)=C\C(=O)O. The molecule has 0 unspecified atom stereocenters. The van der Waals surface area contributed by atoms with E-state index in [-0.39, 0.29) is 5.41 Å². The molecule has 1 aliphatic carbocycles. The van der Waals surface area contributed by atoms with Crippen LogP contribution in [0.15, 0.2) is 65.7 Å². The summed E-state index contributed by atoms with van der Waals surface area (Å²) in [5.41, 5.74) is 5.76. The largest absolute Gasteiger partial charge is 0.478 e. The van der Waals surface area contributed by atoms with Crippen LogP contribution >= 0.6 is 0 Å². The topological polar surface area (TPSA) is 66.0 Å². The number of hydrogen-bond acceptors (Lipinski definition) is 2. The number of aliphatic carboxylic acids is 1. The fraction of sp³-hybridized carbons (Fsp3) is 0.364. The van der Waals surface area contributed by atoms with Crippen molar-refractivity contribution in [2.45, 2.75) is 47.0 Å². The number of imidazole rings is 1. The van der Waals surface area contributed by atoms with Gasteiger partial charge in [0.2, 0.25) is 0 Å². The highest BCUT2D eigenvalue weighted by molar-refractivity contribution is 5.81. The fourth-order valence-corrected chi connectivity index (χ4v) is 3.28. The standard InChI is InChI=1S/C22H28N2O2/c1-16(7-5-8-17(2)13-21(25)26)10-11-19-18(20-14-23-15-24-20)9-6-12-22(19,3)4/h5,7-8,10-11,13-15H,6,9,12H2,1-4H3,(H,23,24)(H,25,26)/b8-5+,11-10+,16-7+,17-13+. The lowest BCUT2D eigenvalue weighted by Gasteiger charge is -2.33. The maximum atomic E-state index is 10.6. The van der Waals surface area contributed by atoms with E-state index in [1.54, 1.807) is 19.3 Å². The Hall–Kier alpha value is -2.62. The molecule has 0 radical (unpaired) electrons. The van der Waals surface area contributed by atoms with E-state index in [4.69, 9.17) is 5.11 Å². The third-order valence-electron chi connectivity index (χ3n) is 4.69. The van der Waals surface area contributed by atoms with Gasteiger partial charge in [-0.15, -0.1) is 0 Å². The number of carbonyl (C=O) groups is 1. The van der Waals surface area contributed by atoms with E-state index in [1.807, 2.05) is 25.3 Å². The summed E-state index contributed by atoms with van der Waals surface area (Å²) in [6, 6.07) is 0. The van der Waals surface area contributed by atoms with Crippen LogP contribution in [0.1, 0.15) is 52.7 Å². The Balaban J connectivity index is 2.23. The zero-order valence-corrected chi connectivity index (χ0v) is 16.0. The van der Waals surface area contributed by atoms with Crippen molar-refractivity contribution in [3.05, 3.63) is 71.4 Å². The van der Waals surface area contributed by atoms with Gasteiger partial charge >= 0.3 is 5.97 Å². The van der Waals surface area contributed by atoms with E-state index in [0.29, 0.717) is 5.57 Å². The number of hydrogen-bond donors (Lipinski definition) is 2. The lowest BCUT2D eigenvalue weighted by molar-refractivity contribution is -0.131. The molecule has 2 N–H and O–H groups in total. The highest BCUT2D eigenvalue weighted by atomic mass is 16.4. The molecule has 0 spiro atoms. The van der Waals surface area contributed by atoms with Gasteiger partial charge in [0, 0.05) is 6.08 Å². The first-order valence-electron chi connectivity index (χ1n) is 8.96. The number of rotatable bonds is 6. The highest BCUT2D eigenvalue weighted by Crippen LogP contribution is 2.44. The number of carboxylic acid groups (broad SMARTS) is 1. The number of aromatic nitrogens is 2. The number of aromatic amines is 1. The smallest absolute Gasteiger partial charge is 0.328 e. The van der Waals surface area contributed by atoms with Crippen molar-refractivity contribution in [2.24, 2.45) is 5.41 Å². The molecular weight excluding hydrogens is 324 g/mol. The highest BCUT2D eigenvalue weighted by Gasteiger charge is 2.29. The summed E-state index contributed by atoms with van der Waals surface area (Å²) in [5, 5.41) is 8.72. The molecule has 0 saturated carbocycles. The van der Waals surface area contributed by atoms with E-state index >= 15 is 0 Å². The Labute approximate surface area is 155 Å². The third-order valence-corrected chi connectivity index (χ3v) is 4.69. The summed E-state index contributed by atoms with van der Waals surface area (Å²) in [4.78, 5) is 18.0. The average Bonchev–Trinajstić information content (AvgIpc) is 3.06. The van der Waals surface area contributed by atoms with E-state index in [2.05, 4.69) is 36.0 Å². The van der Waals surface area contributed by atoms with Gasteiger partial charge in [0.15, 0.2) is 0 Å². The van der Waals surface area contributed by atoms with Crippen molar-refractivity contribution in [2.75, 3.05) is 0 Å². The van der Waals surface area contributed by atoms with Crippen LogP contribution in [0.2, 0.25) is 0 Å². The predicted octanol–water partition coefficient (Wildman–Crippen LogP) is 5.46. The van der Waals surface area contributed by atoms with E-state index in [0.717, 1.165) is 17.7 Å². The van der Waals surface area contributed by atoms with Crippen molar-refractivity contribution >= 4 is 11.5 Å². The summed E-state index contributed by atoms with van der Waals surface area (Å²) in [7, 11) is 0. The van der Waals surface area contributed by atoms with Gasteiger partial charge in [-0.25, -0.2) is 9.78 Å². The molecule has 1 aromatic rings. The van der Waals surface area contributed by atoms with Crippen molar-refractivity contribution in [3.8, 4) is 0 Å². The average molecular weight is 352 g/mol. The van der Waals surface area contributed by atoms with Crippen LogP contribution < -0.4 is 0 Å². The zero-order valence-electron chi connectivity index (χ0n) is 16.0. The molecule has 4 nitrogen and oxygen atoms in total. The second-order valence-electron chi connectivity index (χ2n) is 7.42. The quantitative estimate of drug-likeness (QED) is 0.527. The van der Waals surface area contributed by atoms with Gasteiger partial charge in [-0.1, -0.05) is 49.8 Å². The predicted molar refractivity (Wildman–Crippen MR) is 107 cm³/mol. The van der Waals surface area contributed by atoms with Gasteiger partial charge < -0.3 is 10.1 Å². The molecule has 0 fully saturated rings. The van der Waals surface area contributed by atoms with Crippen LogP contribution in [-0.4, -0.2) is 21.0 Å². The number of carboxylic acids is 1. The van der Waals surface area contributed by atoms with Crippen molar-refractivity contribution in [1.82, 2.24) is 9.97 Å². The van der Waals surface area contributed by atoms with Gasteiger partial charge in [-0.2, -0.15) is 0 Å². The van der Waals surface area contributed by atoms with Crippen molar-refractivity contribution in [3.63, 3.8) is 0 Å². The van der Waals surface area contributed by atoms with Crippen molar-refractivity contribution in [1.29, 1.82) is 0 Å². The molecule has 26 heavy (non-hydrogen) atoms. The second kappa shape index (κ2) is 8.65. The molecule has 0 bridgehead atoms. The van der Waals surface area contributed by atoms with E-state index < -0.39 is 5.97 Å². The fourth-order valence-electron chi connectivity index (χ4n) is 3.28. The van der Waals surface area contributed by atoms with Crippen molar-refractivity contribution < 1.29 is 9.90 Å². The Morgan fingerprint density at radius 1 is 1.27 bits per heavy atom. The number of allylic oxidation sites excluding steroid dienone is 9. The van der Waals surface area contributed by atoms with Gasteiger partial charge in [0.05, 0.1) is 18.2 Å². The van der Waals surface area contributed by atoms with Crippen LogP contribution in [0.5, 0.6) is 0 Å². The van der Waals surface area contributed by atoms with E-state index in [9.17, 15) is 4.79 Å². The molecular formula is C22H28N2O2. The first kappa shape index (κ1) is 19.7. The summed E-state index contributed by atoms with van der Waals surface area (Å²) < 4.78 is 0. The van der Waals surface area contributed by atoms with Crippen LogP contribution in [0.4, 0.5) is 0 Å². The lowest BCUT2D eigenvalue weighted by atomic mass is 9.71. The third kappa shape index (κ3) is 5.45. The molecule has 4 heteroatoms. The Morgan fingerprint density at radius 2 is 2.04 bits per heavy atom. The van der Waals surface area contributed by atoms with Crippen LogP contribution in [0, 0.1) is 5.41 Å². The van der Waals surface area contributed by atoms with Crippen LogP contribution in [0.25, 0.3) is 5.57 Å². The van der Waals surface area contributed by atoms with E-state index in [1.165, 1.54) is 30.1 Å². The maximum absolute atomic E-state index is 10.6. The van der Waals surface area contributed by atoms with Gasteiger partial charge in [-0.05, 0) is 55.2 Å². The minimum atomic E-state index is -0.925. The molecule has 0 saturated heterocycles. The Morgan fingerprint density at radius 3 is 2.69 bits per heavy atom. The Bertz CT molecular complexity index is 788. The molecule has 0 amide bonds. The molecule has 1 aromatic heterocycles. The first-order chi connectivity index (χ1) is 12.3. The van der Waals surface area contributed by atoms with Crippen LogP contribution in [-0.2, 0) is 4.79 Å². The molecule has 0 aromatic carbocycles. The molecule has 1 aliphatic rings. The van der Waals surface area contributed by atoms with Crippen LogP contribution in [0.3, 0.4) is 0 Å². The summed E-state index contributed by atoms with van der Waals surface area (Å²) >= 11 is 0. The minimum Gasteiger partial charge on any atom is -0.478 e. The van der Waals surface area contributed by atoms with Gasteiger partial charge in [-0.3, -0.25) is 0 Å². The maximum Gasteiger partial charge on any atom is 0.328 e. The number of H-pyrrole nitrogens is 1. The molecule has 2 rings (SSSR count). The molecule has 0 atom stereocenters. The summed E-state index contributed by atoms with van der Waals surface area (Å²) in [5.74, 6) is -0.925. The normalized spacial score (nSPS) is 18.9. The van der Waals surface area contributed by atoms with Gasteiger partial charge in [0.25, 0.3) is 0 Å². The lowest BCUT2D eigenvalue weighted by Crippen LogP contribution is -2.19.